The highest BCUT2D eigenvalue weighted by molar-refractivity contribution is 6.30. The number of anilines is 1. The molecule has 2 aromatic heterocycles. The van der Waals surface area contributed by atoms with Crippen molar-refractivity contribution in [3.8, 4) is 17.2 Å². The number of hydrogen-bond acceptors (Lipinski definition) is 7. The van der Waals surface area contributed by atoms with Crippen LogP contribution in [0.25, 0.3) is 5.70 Å². The summed E-state index contributed by atoms with van der Waals surface area (Å²) >= 11 is 6.39. The molecule has 2 atom stereocenters. The first-order valence-corrected chi connectivity index (χ1v) is 11.0. The van der Waals surface area contributed by atoms with E-state index in [1.807, 2.05) is 59.4 Å². The van der Waals surface area contributed by atoms with Crippen LogP contribution in [0.3, 0.4) is 0 Å². The number of nitrogens with zero attached hydrogens (tertiary/aromatic N) is 4. The molecule has 4 heterocycles. The second kappa shape index (κ2) is 8.07. The summed E-state index contributed by atoms with van der Waals surface area (Å²) in [5, 5.41) is 8.61. The average Bonchev–Trinajstić information content (AvgIpc) is 3.35. The van der Waals surface area contributed by atoms with Crippen molar-refractivity contribution in [2.75, 3.05) is 19.5 Å². The average molecular weight is 474 g/mol. The maximum Gasteiger partial charge on any atom is 0.226 e. The van der Waals surface area contributed by atoms with Crippen molar-refractivity contribution in [2.24, 2.45) is 0 Å². The fourth-order valence-electron chi connectivity index (χ4n) is 4.59. The minimum atomic E-state index is -0.446. The van der Waals surface area contributed by atoms with Crippen LogP contribution in [0.5, 0.6) is 17.2 Å². The highest BCUT2D eigenvalue weighted by Crippen LogP contribution is 2.51. The zero-order chi connectivity index (χ0) is 23.2. The Morgan fingerprint density at radius 1 is 1.03 bits per heavy atom. The van der Waals surface area contributed by atoms with Crippen LogP contribution in [0.2, 0.25) is 5.02 Å². The summed E-state index contributed by atoms with van der Waals surface area (Å²) in [7, 11) is 3.23. The summed E-state index contributed by atoms with van der Waals surface area (Å²) in [5.41, 5.74) is 4.58. The monoisotopic (exact) mass is 473 g/mol. The molecule has 0 spiro atoms. The minimum Gasteiger partial charge on any atom is -0.493 e. The maximum atomic E-state index is 6.62. The van der Waals surface area contributed by atoms with Crippen LogP contribution >= 0.6 is 11.6 Å². The summed E-state index contributed by atoms with van der Waals surface area (Å²) < 4.78 is 19.5. The number of halogens is 1. The Hall–Kier alpha value is -4.04. The maximum absolute atomic E-state index is 6.62. The first-order valence-electron chi connectivity index (χ1n) is 10.7. The molecule has 9 heteroatoms. The van der Waals surface area contributed by atoms with Crippen molar-refractivity contribution in [3.63, 3.8) is 0 Å². The molecular weight excluding hydrogens is 454 g/mol. The van der Waals surface area contributed by atoms with E-state index in [9.17, 15) is 0 Å². The first-order chi connectivity index (χ1) is 16.7. The molecule has 2 aliphatic heterocycles. The van der Waals surface area contributed by atoms with Crippen LogP contribution in [-0.2, 0) is 0 Å². The van der Waals surface area contributed by atoms with Gasteiger partial charge in [0.2, 0.25) is 5.95 Å². The predicted octanol–water partition coefficient (Wildman–Crippen LogP) is 4.90. The van der Waals surface area contributed by atoms with E-state index in [4.69, 9.17) is 25.8 Å². The molecule has 0 aliphatic carbocycles. The third-order valence-electron chi connectivity index (χ3n) is 6.09. The van der Waals surface area contributed by atoms with Crippen molar-refractivity contribution >= 4 is 23.2 Å². The van der Waals surface area contributed by atoms with E-state index in [-0.39, 0.29) is 6.04 Å². The molecule has 0 unspecified atom stereocenters. The van der Waals surface area contributed by atoms with Gasteiger partial charge in [0.25, 0.3) is 0 Å². The SMILES string of the molecule is COc1ccc([C@H]2Oc3ccc(Cl)cc3C3=C2[C@@H](c2cccnc2)n2ncnc2N3)cc1OC. The zero-order valence-electron chi connectivity index (χ0n) is 18.4. The summed E-state index contributed by atoms with van der Waals surface area (Å²) in [5.74, 6) is 2.61. The lowest BCUT2D eigenvalue weighted by atomic mass is 9.85. The fraction of sp³-hybridized carbons (Fsp3) is 0.160. The third-order valence-corrected chi connectivity index (χ3v) is 6.32. The number of fused-ring (bicyclic) bond motifs is 3. The normalized spacial score (nSPS) is 18.2. The van der Waals surface area contributed by atoms with Gasteiger partial charge in [0, 0.05) is 34.1 Å². The number of aromatic nitrogens is 4. The smallest absolute Gasteiger partial charge is 0.226 e. The summed E-state index contributed by atoms with van der Waals surface area (Å²) in [4.78, 5) is 8.80. The highest BCUT2D eigenvalue weighted by atomic mass is 35.5. The van der Waals surface area contributed by atoms with Crippen LogP contribution < -0.4 is 19.5 Å². The van der Waals surface area contributed by atoms with E-state index < -0.39 is 6.10 Å². The molecule has 2 aliphatic rings. The van der Waals surface area contributed by atoms with Crippen molar-refractivity contribution < 1.29 is 14.2 Å². The molecule has 6 rings (SSSR count). The molecule has 4 aromatic rings. The molecule has 170 valence electrons. The van der Waals surface area contributed by atoms with E-state index in [1.54, 1.807) is 20.4 Å². The lowest BCUT2D eigenvalue weighted by Gasteiger charge is -2.39. The minimum absolute atomic E-state index is 0.298. The molecule has 0 radical (unpaired) electrons. The van der Waals surface area contributed by atoms with Gasteiger partial charge in [0.05, 0.1) is 19.9 Å². The molecule has 0 fully saturated rings. The largest absolute Gasteiger partial charge is 0.493 e. The van der Waals surface area contributed by atoms with Gasteiger partial charge in [-0.1, -0.05) is 23.7 Å². The number of rotatable bonds is 4. The molecule has 8 nitrogen and oxygen atoms in total. The van der Waals surface area contributed by atoms with Gasteiger partial charge in [-0.2, -0.15) is 10.1 Å². The molecular formula is C25H20ClN5O3. The lowest BCUT2D eigenvalue weighted by molar-refractivity contribution is 0.222. The Morgan fingerprint density at radius 2 is 1.91 bits per heavy atom. The third kappa shape index (κ3) is 3.18. The van der Waals surface area contributed by atoms with Crippen molar-refractivity contribution in [2.45, 2.75) is 12.1 Å². The Morgan fingerprint density at radius 3 is 2.71 bits per heavy atom. The summed E-state index contributed by atoms with van der Waals surface area (Å²) in [6, 6.07) is 15.0. The highest BCUT2D eigenvalue weighted by Gasteiger charge is 2.41. The predicted molar refractivity (Wildman–Crippen MR) is 127 cm³/mol. The summed E-state index contributed by atoms with van der Waals surface area (Å²) in [6.45, 7) is 0. The Balaban J connectivity index is 1.62. The number of ether oxygens (including phenoxy) is 3. The molecule has 0 saturated carbocycles. The number of hydrogen-bond donors (Lipinski definition) is 1. The zero-order valence-corrected chi connectivity index (χ0v) is 19.2. The van der Waals surface area contributed by atoms with Crippen LogP contribution in [0.15, 0.2) is 72.8 Å². The number of benzene rings is 2. The van der Waals surface area contributed by atoms with Gasteiger partial charge in [0.15, 0.2) is 11.5 Å². The molecule has 0 saturated heterocycles. The van der Waals surface area contributed by atoms with Gasteiger partial charge in [-0.25, -0.2) is 4.68 Å². The molecule has 0 bridgehead atoms. The van der Waals surface area contributed by atoms with E-state index in [1.165, 1.54) is 6.33 Å². The second-order valence-electron chi connectivity index (χ2n) is 7.93. The van der Waals surface area contributed by atoms with Crippen LogP contribution in [0.4, 0.5) is 5.95 Å². The number of pyridine rings is 1. The van der Waals surface area contributed by atoms with Gasteiger partial charge in [-0.15, -0.1) is 0 Å². The van der Waals surface area contributed by atoms with E-state index in [0.29, 0.717) is 28.2 Å². The van der Waals surface area contributed by atoms with Crippen LogP contribution in [0, 0.1) is 0 Å². The first kappa shape index (κ1) is 20.6. The quantitative estimate of drug-likeness (QED) is 0.451. The van der Waals surface area contributed by atoms with Gasteiger partial charge in [0.1, 0.15) is 24.2 Å². The van der Waals surface area contributed by atoms with Gasteiger partial charge in [-0.3, -0.25) is 4.98 Å². The van der Waals surface area contributed by atoms with Crippen molar-refractivity contribution in [1.82, 2.24) is 19.7 Å². The molecule has 1 N–H and O–H groups in total. The Kier molecular flexibility index (Phi) is 4.88. The molecule has 0 amide bonds. The lowest BCUT2D eigenvalue weighted by Crippen LogP contribution is -2.32. The standard InChI is InChI=1S/C25H20ClN5O3/c1-32-19-7-5-14(10-20(19)33-2)24-21-22(17-11-16(26)6-8-18(17)34-24)30-25-28-13-29-31(25)23(21)15-4-3-9-27-12-15/h3-13,23-24H,1-2H3,(H,28,29,30)/t23-,24-/m1/s1. The van der Waals surface area contributed by atoms with Crippen molar-refractivity contribution in [1.29, 1.82) is 0 Å². The van der Waals surface area contributed by atoms with E-state index in [2.05, 4.69) is 20.4 Å². The number of nitrogens with one attached hydrogen (secondary N) is 1. The molecule has 2 aromatic carbocycles. The van der Waals surface area contributed by atoms with E-state index in [0.717, 1.165) is 28.0 Å². The van der Waals surface area contributed by atoms with Gasteiger partial charge >= 0.3 is 0 Å². The second-order valence-corrected chi connectivity index (χ2v) is 8.36. The topological polar surface area (TPSA) is 83.3 Å². The van der Waals surface area contributed by atoms with Gasteiger partial charge in [-0.05, 0) is 42.0 Å². The van der Waals surface area contributed by atoms with Crippen molar-refractivity contribution in [3.05, 3.63) is 94.5 Å². The van der Waals surface area contributed by atoms with Crippen LogP contribution in [-0.4, -0.2) is 34.0 Å². The Labute approximate surface area is 200 Å². The fourth-order valence-corrected chi connectivity index (χ4v) is 4.76. The number of methoxy groups -OCH3 is 2. The van der Waals surface area contributed by atoms with Gasteiger partial charge < -0.3 is 19.5 Å². The van der Waals surface area contributed by atoms with E-state index >= 15 is 0 Å². The Bertz CT molecular complexity index is 1420. The molecule has 34 heavy (non-hydrogen) atoms. The van der Waals surface area contributed by atoms with Crippen LogP contribution in [0.1, 0.15) is 28.8 Å². The summed E-state index contributed by atoms with van der Waals surface area (Å²) in [6.07, 6.45) is 4.68.